The van der Waals surface area contributed by atoms with Gasteiger partial charge in [0.25, 0.3) is 6.71 Å². The molecule has 0 saturated heterocycles. The Kier molecular flexibility index (Phi) is 10.7. The molecule has 7 heteroatoms. The quantitative estimate of drug-likeness (QED) is 0.141. The van der Waals surface area contributed by atoms with E-state index >= 15 is 0 Å². The molecule has 0 bridgehead atoms. The Balaban J connectivity index is 0.989. The number of rotatable bonds is 8. The number of anilines is 9. The first-order valence-corrected chi connectivity index (χ1v) is 28.0. The molecule has 0 N–H and O–H groups in total. The maximum absolute atomic E-state index is 7.74. The van der Waals surface area contributed by atoms with Gasteiger partial charge in [0.15, 0.2) is 0 Å². The fourth-order valence-electron chi connectivity index (χ4n) is 13.0. The Morgan fingerprint density at radius 1 is 0.291 bits per heavy atom. The predicted molar refractivity (Wildman–Crippen MR) is 333 cm³/mol. The monoisotopic (exact) mass is 1020 g/mol. The van der Waals surface area contributed by atoms with Crippen LogP contribution < -0.4 is 52.2 Å². The Morgan fingerprint density at radius 3 is 1.42 bits per heavy atom. The van der Waals surface area contributed by atoms with Gasteiger partial charge in [-0.25, -0.2) is 0 Å². The van der Waals surface area contributed by atoms with Gasteiger partial charge in [0, 0.05) is 67.2 Å². The van der Waals surface area contributed by atoms with Gasteiger partial charge in [-0.15, -0.1) is 0 Å². The number of hydrogen-bond acceptors (Lipinski definition) is 5. The second-order valence-corrected chi connectivity index (χ2v) is 21.8. The van der Waals surface area contributed by atoms with Crippen molar-refractivity contribution in [1.82, 2.24) is 0 Å². The minimum atomic E-state index is -0.161. The smallest absolute Gasteiger partial charge is 0.256 e. The Morgan fingerprint density at radius 2 is 0.785 bits per heavy atom. The van der Waals surface area contributed by atoms with Crippen molar-refractivity contribution < 1.29 is 4.74 Å². The molecule has 0 aliphatic carbocycles. The molecule has 79 heavy (non-hydrogen) atoms. The highest BCUT2D eigenvalue weighted by molar-refractivity contribution is 8.00. The number of nitrogens with zero attached hydrogens (tertiary/aromatic N) is 3. The summed E-state index contributed by atoms with van der Waals surface area (Å²) in [4.78, 5) is 9.98. The number of para-hydroxylation sites is 5. The van der Waals surface area contributed by atoms with Crippen molar-refractivity contribution in [1.29, 1.82) is 0 Å². The van der Waals surface area contributed by atoms with E-state index in [-0.39, 0.29) is 13.4 Å². The maximum atomic E-state index is 7.74. The molecule has 12 aromatic rings. The van der Waals surface area contributed by atoms with Gasteiger partial charge in [-0.05, 0) is 116 Å². The average molecular weight is 1020 g/mol. The molecule has 16 rings (SSSR count). The third-order valence-corrected chi connectivity index (χ3v) is 17.5. The van der Waals surface area contributed by atoms with Crippen molar-refractivity contribution in [3.05, 3.63) is 285 Å². The minimum Gasteiger partial charge on any atom is -0.458 e. The van der Waals surface area contributed by atoms with Crippen LogP contribution in [-0.2, 0) is 0 Å². The first-order chi connectivity index (χ1) is 39.2. The number of benzene rings is 12. The molecule has 0 radical (unpaired) electrons. The van der Waals surface area contributed by atoms with Crippen molar-refractivity contribution >= 4 is 109 Å². The van der Waals surface area contributed by atoms with Gasteiger partial charge < -0.3 is 19.4 Å². The summed E-state index contributed by atoms with van der Waals surface area (Å²) in [6, 6.07) is 104. The van der Waals surface area contributed by atoms with Crippen molar-refractivity contribution in [3.8, 4) is 44.9 Å². The Bertz CT molecular complexity index is 4310. The molecule has 0 atom stereocenters. The molecule has 12 aromatic carbocycles. The molecule has 0 saturated carbocycles. The summed E-state index contributed by atoms with van der Waals surface area (Å²) in [5, 5.41) is 0. The lowest BCUT2D eigenvalue weighted by Crippen LogP contribution is -2.63. The third kappa shape index (κ3) is 7.34. The minimum absolute atomic E-state index is 0.0469. The van der Waals surface area contributed by atoms with Gasteiger partial charge in [-0.2, -0.15) is 0 Å². The maximum Gasteiger partial charge on any atom is 0.256 e. The van der Waals surface area contributed by atoms with Crippen LogP contribution in [0.3, 0.4) is 0 Å². The van der Waals surface area contributed by atoms with Gasteiger partial charge in [0.2, 0.25) is 6.71 Å². The van der Waals surface area contributed by atoms with Crippen molar-refractivity contribution in [2.24, 2.45) is 0 Å². The van der Waals surface area contributed by atoms with E-state index in [1.807, 2.05) is 11.8 Å². The molecule has 0 aromatic heterocycles. The number of fused-ring (bicyclic) bond motifs is 8. The second kappa shape index (κ2) is 18.5. The van der Waals surface area contributed by atoms with E-state index in [9.17, 15) is 0 Å². The number of ether oxygens (including phenoxy) is 1. The second-order valence-electron chi connectivity index (χ2n) is 20.7. The van der Waals surface area contributed by atoms with Crippen LogP contribution in [0.4, 0.5) is 51.2 Å². The zero-order chi connectivity index (χ0) is 52.0. The van der Waals surface area contributed by atoms with Crippen LogP contribution in [0.1, 0.15) is 0 Å². The highest BCUT2D eigenvalue weighted by atomic mass is 32.2. The molecular formula is C72H47B2N3OS. The normalized spacial score (nSPS) is 13.0. The van der Waals surface area contributed by atoms with Crippen LogP contribution in [0.5, 0.6) is 11.5 Å². The van der Waals surface area contributed by atoms with Crippen LogP contribution >= 0.6 is 11.8 Å². The molecule has 4 heterocycles. The summed E-state index contributed by atoms with van der Waals surface area (Å²) >= 11 is 1.89. The van der Waals surface area contributed by atoms with Gasteiger partial charge in [-0.3, -0.25) is 0 Å². The molecule has 4 aliphatic rings. The molecular weight excluding hydrogens is 977 g/mol. The zero-order valence-corrected chi connectivity index (χ0v) is 43.8. The van der Waals surface area contributed by atoms with Gasteiger partial charge in [0.1, 0.15) is 11.5 Å². The molecule has 0 fully saturated rings. The van der Waals surface area contributed by atoms with Crippen molar-refractivity contribution in [2.75, 3.05) is 14.7 Å². The van der Waals surface area contributed by atoms with Crippen LogP contribution in [0.2, 0.25) is 0 Å². The third-order valence-electron chi connectivity index (χ3n) is 16.3. The van der Waals surface area contributed by atoms with E-state index < -0.39 is 0 Å². The molecule has 0 amide bonds. The predicted octanol–water partition coefficient (Wildman–Crippen LogP) is 15.3. The van der Waals surface area contributed by atoms with Crippen LogP contribution in [0, 0.1) is 0 Å². The lowest BCUT2D eigenvalue weighted by molar-refractivity contribution is 0.488. The first-order valence-electron chi connectivity index (χ1n) is 27.1. The largest absolute Gasteiger partial charge is 0.458 e. The highest BCUT2D eigenvalue weighted by Gasteiger charge is 2.47. The summed E-state index contributed by atoms with van der Waals surface area (Å²) in [6.45, 7) is -0.208. The average Bonchev–Trinajstić information content (AvgIpc) is 3.32. The Labute approximate surface area is 465 Å². The molecule has 368 valence electrons. The van der Waals surface area contributed by atoms with E-state index in [1.54, 1.807) is 0 Å². The van der Waals surface area contributed by atoms with Gasteiger partial charge in [0.05, 0.1) is 17.1 Å². The zero-order valence-electron chi connectivity index (χ0n) is 42.9. The molecule has 0 unspecified atom stereocenters. The van der Waals surface area contributed by atoms with E-state index in [2.05, 4.69) is 300 Å². The molecule has 4 nitrogen and oxygen atoms in total. The lowest BCUT2D eigenvalue weighted by Gasteiger charge is -2.44. The molecule has 4 aliphatic heterocycles. The number of hydrogen-bond donors (Lipinski definition) is 0. The summed E-state index contributed by atoms with van der Waals surface area (Å²) in [6.07, 6.45) is 0. The van der Waals surface area contributed by atoms with Crippen molar-refractivity contribution in [3.63, 3.8) is 0 Å². The SMILES string of the molecule is c1ccc(-c2cc3c4c(c2)N(c2ccccc2-c2ccccc2)c2cc5c(cc2B4c2ccccc2S3)B2c3ccccc3N(c3ccccc3-c3ccccc3)c3cc(N(c4ccccc4)c4ccccc4)cc(c32)O5)cc1. The summed E-state index contributed by atoms with van der Waals surface area (Å²) in [5.74, 6) is 1.68. The first kappa shape index (κ1) is 45.5. The van der Waals surface area contributed by atoms with E-state index in [0.29, 0.717) is 0 Å². The topological polar surface area (TPSA) is 19.0 Å². The van der Waals surface area contributed by atoms with Crippen LogP contribution in [0.15, 0.2) is 295 Å². The highest BCUT2D eigenvalue weighted by Crippen LogP contribution is 2.51. The van der Waals surface area contributed by atoms with E-state index in [4.69, 9.17) is 4.74 Å². The van der Waals surface area contributed by atoms with Crippen LogP contribution in [-0.4, -0.2) is 13.4 Å². The fraction of sp³-hybridized carbons (Fsp3) is 0. The summed E-state index contributed by atoms with van der Waals surface area (Å²) < 4.78 is 7.74. The lowest BCUT2D eigenvalue weighted by atomic mass is 9.31. The van der Waals surface area contributed by atoms with Gasteiger partial charge in [-0.1, -0.05) is 223 Å². The standard InChI is InChI=1S/C72H47B2N3OS/c1-6-24-48(25-7-1)51-42-65-72-70(43-51)79-69-41-23-19-37-58(69)74(72)59-46-60-67(47-64(59)77(65)62-39-21-17-35-56(62)50-28-10-3-11-29-50)78-68-45-54(75(52-30-12-4-13-31-52)53-32-14-5-15-33-53)44-66-71(68)73(60)57-36-18-22-40-63(57)76(66)61-38-20-16-34-55(61)49-26-8-2-9-27-49/h1-47H. The van der Waals surface area contributed by atoms with Crippen molar-refractivity contribution in [2.45, 2.75) is 9.79 Å². The van der Waals surface area contributed by atoms with Crippen LogP contribution in [0.25, 0.3) is 33.4 Å². The van der Waals surface area contributed by atoms with E-state index in [0.717, 1.165) is 90.2 Å². The summed E-state index contributed by atoms with van der Waals surface area (Å²) in [5.41, 5.74) is 24.3. The van der Waals surface area contributed by atoms with Gasteiger partial charge >= 0.3 is 0 Å². The Hall–Kier alpha value is -9.68. The molecule has 0 spiro atoms. The summed E-state index contributed by atoms with van der Waals surface area (Å²) in [7, 11) is 0. The fourth-order valence-corrected chi connectivity index (χ4v) is 14.2. The van der Waals surface area contributed by atoms with E-state index in [1.165, 1.54) is 48.5 Å².